The van der Waals surface area contributed by atoms with Gasteiger partial charge in [-0.25, -0.2) is 0 Å². The van der Waals surface area contributed by atoms with E-state index < -0.39 is 0 Å². The van der Waals surface area contributed by atoms with Crippen molar-refractivity contribution in [1.82, 2.24) is 4.90 Å². The van der Waals surface area contributed by atoms with Gasteiger partial charge in [0.1, 0.15) is 0 Å². The molecule has 0 atom stereocenters. The third-order valence-electron chi connectivity index (χ3n) is 3.07. The third-order valence-corrected chi connectivity index (χ3v) is 3.07. The van der Waals surface area contributed by atoms with Crippen LogP contribution in [-0.2, 0) is 9.53 Å². The quantitative estimate of drug-likeness (QED) is 0.602. The molecule has 0 N–H and O–H groups in total. The van der Waals surface area contributed by atoms with Crippen LogP contribution in [0.3, 0.4) is 0 Å². The minimum atomic E-state index is 0.138. The summed E-state index contributed by atoms with van der Waals surface area (Å²) in [5.41, 5.74) is 0. The van der Waals surface area contributed by atoms with Gasteiger partial charge in [0, 0.05) is 25.1 Å². The summed E-state index contributed by atoms with van der Waals surface area (Å²) in [6.45, 7) is 3.11. The molecule has 2 rings (SSSR count). The number of carbonyl (C=O) groups is 1. The maximum absolute atomic E-state index is 11.7. The van der Waals surface area contributed by atoms with Gasteiger partial charge in [0.25, 0.3) is 0 Å². The van der Waals surface area contributed by atoms with Crippen molar-refractivity contribution >= 4 is 5.78 Å². The summed E-state index contributed by atoms with van der Waals surface area (Å²) >= 11 is 0. The first kappa shape index (κ1) is 10.5. The fourth-order valence-corrected chi connectivity index (χ4v) is 2.10. The van der Waals surface area contributed by atoms with Crippen LogP contribution in [0.5, 0.6) is 0 Å². The van der Waals surface area contributed by atoms with Gasteiger partial charge in [-0.1, -0.05) is 12.8 Å². The SMILES string of the molecule is O=C(C#CN1CCOCC1)C1CCCC1. The fraction of sp³-hybridized carbons (Fsp3) is 0.750. The van der Waals surface area contributed by atoms with Gasteiger partial charge in [0.15, 0.2) is 0 Å². The number of rotatable bonds is 1. The molecule has 82 valence electrons. The Morgan fingerprint density at radius 1 is 1.20 bits per heavy atom. The van der Waals surface area contributed by atoms with Crippen LogP contribution in [-0.4, -0.2) is 37.0 Å². The predicted octanol–water partition coefficient (Wildman–Crippen LogP) is 1.04. The van der Waals surface area contributed by atoms with E-state index in [-0.39, 0.29) is 11.7 Å². The number of carbonyl (C=O) groups excluding carboxylic acids is 1. The van der Waals surface area contributed by atoms with Gasteiger partial charge in [0.2, 0.25) is 5.78 Å². The zero-order valence-corrected chi connectivity index (χ0v) is 9.00. The zero-order chi connectivity index (χ0) is 10.5. The van der Waals surface area contributed by atoms with E-state index in [1.807, 2.05) is 4.90 Å². The van der Waals surface area contributed by atoms with E-state index in [1.165, 1.54) is 12.8 Å². The molecule has 0 amide bonds. The largest absolute Gasteiger partial charge is 0.378 e. The molecule has 0 spiro atoms. The molecular formula is C12H17NO2. The second kappa shape index (κ2) is 5.18. The Hall–Kier alpha value is -1.01. The highest BCUT2D eigenvalue weighted by atomic mass is 16.5. The number of morpholine rings is 1. The minimum Gasteiger partial charge on any atom is -0.378 e. The number of nitrogens with zero attached hydrogens (tertiary/aromatic N) is 1. The normalized spacial score (nSPS) is 22.3. The molecule has 0 bridgehead atoms. The van der Waals surface area contributed by atoms with Crippen molar-refractivity contribution in [2.45, 2.75) is 25.7 Å². The molecule has 1 heterocycles. The second-order valence-corrected chi connectivity index (χ2v) is 4.18. The molecule has 0 radical (unpaired) electrons. The predicted molar refractivity (Wildman–Crippen MR) is 57.1 cm³/mol. The molecule has 0 aromatic rings. The molecule has 1 saturated carbocycles. The van der Waals surface area contributed by atoms with E-state index in [2.05, 4.69) is 12.0 Å². The molecule has 2 aliphatic rings. The summed E-state index contributed by atoms with van der Waals surface area (Å²) in [6.07, 6.45) is 4.46. The molecule has 1 aliphatic carbocycles. The lowest BCUT2D eigenvalue weighted by atomic mass is 10.0. The number of ether oxygens (including phenoxy) is 1. The summed E-state index contributed by atoms with van der Waals surface area (Å²) in [4.78, 5) is 13.6. The number of Topliss-reactive ketones (excluding diaryl/α,β-unsaturated/α-hetero) is 1. The lowest BCUT2D eigenvalue weighted by Gasteiger charge is -2.22. The zero-order valence-electron chi connectivity index (χ0n) is 9.00. The summed E-state index contributed by atoms with van der Waals surface area (Å²) in [6, 6.07) is 2.95. The van der Waals surface area contributed by atoms with Crippen molar-refractivity contribution in [3.8, 4) is 12.0 Å². The van der Waals surface area contributed by atoms with Gasteiger partial charge in [-0.3, -0.25) is 4.79 Å². The second-order valence-electron chi connectivity index (χ2n) is 4.18. The van der Waals surface area contributed by atoms with Crippen LogP contribution in [0, 0.1) is 17.9 Å². The van der Waals surface area contributed by atoms with Crippen molar-refractivity contribution < 1.29 is 9.53 Å². The van der Waals surface area contributed by atoms with Crippen LogP contribution in [0.25, 0.3) is 0 Å². The van der Waals surface area contributed by atoms with Gasteiger partial charge in [-0.15, -0.1) is 0 Å². The molecule has 2 fully saturated rings. The van der Waals surface area contributed by atoms with Crippen molar-refractivity contribution in [2.24, 2.45) is 5.92 Å². The smallest absolute Gasteiger partial charge is 0.210 e. The Morgan fingerprint density at radius 2 is 1.87 bits per heavy atom. The topological polar surface area (TPSA) is 29.5 Å². The number of ketones is 1. The van der Waals surface area contributed by atoms with Crippen LogP contribution in [0.2, 0.25) is 0 Å². The summed E-state index contributed by atoms with van der Waals surface area (Å²) in [5.74, 6) is 3.13. The van der Waals surface area contributed by atoms with E-state index in [9.17, 15) is 4.79 Å². The van der Waals surface area contributed by atoms with Crippen LogP contribution in [0.15, 0.2) is 0 Å². The lowest BCUT2D eigenvalue weighted by molar-refractivity contribution is -0.117. The Balaban J connectivity index is 1.83. The molecule has 15 heavy (non-hydrogen) atoms. The highest BCUT2D eigenvalue weighted by molar-refractivity contribution is 5.97. The van der Waals surface area contributed by atoms with Gasteiger partial charge in [-0.2, -0.15) is 0 Å². The molecule has 1 saturated heterocycles. The van der Waals surface area contributed by atoms with Crippen LogP contribution < -0.4 is 0 Å². The van der Waals surface area contributed by atoms with Gasteiger partial charge in [0.05, 0.1) is 13.2 Å². The first-order chi connectivity index (χ1) is 7.36. The maximum Gasteiger partial charge on any atom is 0.210 e. The standard InChI is InChI=1S/C12H17NO2/c14-12(11-3-1-2-4-11)5-6-13-7-9-15-10-8-13/h11H,1-4,7-10H2. The van der Waals surface area contributed by atoms with Gasteiger partial charge < -0.3 is 9.64 Å². The van der Waals surface area contributed by atoms with E-state index >= 15 is 0 Å². The Bertz CT molecular complexity index is 278. The average Bonchev–Trinajstić information content (AvgIpc) is 2.81. The van der Waals surface area contributed by atoms with Crippen molar-refractivity contribution in [3.05, 3.63) is 0 Å². The Labute approximate surface area is 90.8 Å². The summed E-state index contributed by atoms with van der Waals surface area (Å²) in [7, 11) is 0. The minimum absolute atomic E-state index is 0.138. The first-order valence-corrected chi connectivity index (χ1v) is 5.74. The maximum atomic E-state index is 11.7. The van der Waals surface area contributed by atoms with Gasteiger partial charge >= 0.3 is 0 Å². The highest BCUT2D eigenvalue weighted by Gasteiger charge is 2.21. The van der Waals surface area contributed by atoms with Crippen molar-refractivity contribution in [2.75, 3.05) is 26.3 Å². The molecule has 1 aliphatic heterocycles. The first-order valence-electron chi connectivity index (χ1n) is 5.74. The van der Waals surface area contributed by atoms with Crippen molar-refractivity contribution in [3.63, 3.8) is 0 Å². The fourth-order valence-electron chi connectivity index (χ4n) is 2.10. The molecule has 0 aromatic heterocycles. The van der Waals surface area contributed by atoms with Crippen LogP contribution >= 0.6 is 0 Å². The molecule has 0 unspecified atom stereocenters. The molecule has 3 heteroatoms. The third kappa shape index (κ3) is 2.97. The number of hydrogen-bond donors (Lipinski definition) is 0. The van der Waals surface area contributed by atoms with E-state index in [0.29, 0.717) is 0 Å². The summed E-state index contributed by atoms with van der Waals surface area (Å²) in [5, 5.41) is 0. The van der Waals surface area contributed by atoms with Crippen molar-refractivity contribution in [1.29, 1.82) is 0 Å². The van der Waals surface area contributed by atoms with Crippen LogP contribution in [0.4, 0.5) is 0 Å². The molecule has 0 aromatic carbocycles. The van der Waals surface area contributed by atoms with E-state index in [0.717, 1.165) is 39.1 Å². The average molecular weight is 207 g/mol. The molecule has 3 nitrogen and oxygen atoms in total. The summed E-state index contributed by atoms with van der Waals surface area (Å²) < 4.78 is 5.21. The lowest BCUT2D eigenvalue weighted by Crippen LogP contribution is -2.32. The number of hydrogen-bond acceptors (Lipinski definition) is 3. The Kier molecular flexibility index (Phi) is 3.63. The van der Waals surface area contributed by atoms with Crippen LogP contribution in [0.1, 0.15) is 25.7 Å². The Morgan fingerprint density at radius 3 is 2.53 bits per heavy atom. The molecular weight excluding hydrogens is 190 g/mol. The van der Waals surface area contributed by atoms with E-state index in [4.69, 9.17) is 4.74 Å². The monoisotopic (exact) mass is 207 g/mol. The van der Waals surface area contributed by atoms with E-state index in [1.54, 1.807) is 0 Å². The van der Waals surface area contributed by atoms with Gasteiger partial charge in [-0.05, 0) is 18.8 Å². The highest BCUT2D eigenvalue weighted by Crippen LogP contribution is 2.24.